The van der Waals surface area contributed by atoms with Crippen LogP contribution in [-0.2, 0) is 12.6 Å². The number of alkyl halides is 3. The fraction of sp³-hybridized carbons (Fsp3) is 0.267. The molecule has 1 aliphatic heterocycles. The van der Waals surface area contributed by atoms with Crippen molar-refractivity contribution >= 4 is 11.8 Å². The van der Waals surface area contributed by atoms with Gasteiger partial charge in [-0.2, -0.15) is 18.2 Å². The summed E-state index contributed by atoms with van der Waals surface area (Å²) >= 11 is 0. The Morgan fingerprint density at radius 3 is 2.75 bits per heavy atom. The lowest BCUT2D eigenvalue weighted by Crippen LogP contribution is -2.46. The van der Waals surface area contributed by atoms with Gasteiger partial charge in [-0.3, -0.25) is 0 Å². The number of amides is 1. The molecule has 1 N–H and O–H groups in total. The average Bonchev–Trinajstić information content (AvgIpc) is 2.53. The summed E-state index contributed by atoms with van der Waals surface area (Å²) in [5.41, 5.74) is 1.28. The Morgan fingerprint density at radius 1 is 1.29 bits per heavy atom. The normalized spacial score (nSPS) is 17.3. The molecule has 24 heavy (non-hydrogen) atoms. The van der Waals surface area contributed by atoms with Crippen molar-refractivity contribution in [2.24, 2.45) is 0 Å². The lowest BCUT2D eigenvalue weighted by atomic mass is 10.0. The van der Waals surface area contributed by atoms with E-state index in [2.05, 4.69) is 9.97 Å². The first-order valence-corrected chi connectivity index (χ1v) is 7.03. The third-order valence-electron chi connectivity index (χ3n) is 3.55. The highest BCUT2D eigenvalue weighted by Gasteiger charge is 2.36. The van der Waals surface area contributed by atoms with Crippen LogP contribution in [0.15, 0.2) is 36.5 Å². The number of nitrogens with zero attached hydrogens (tertiary/aromatic N) is 3. The van der Waals surface area contributed by atoms with Gasteiger partial charge in [0.1, 0.15) is 0 Å². The molecule has 9 heteroatoms. The van der Waals surface area contributed by atoms with Gasteiger partial charge in [-0.15, -0.1) is 0 Å². The zero-order chi connectivity index (χ0) is 17.3. The summed E-state index contributed by atoms with van der Waals surface area (Å²) in [6, 6.07) is 8.06. The van der Waals surface area contributed by atoms with E-state index >= 15 is 0 Å². The number of anilines is 1. The number of aromatic nitrogens is 2. The first-order chi connectivity index (χ1) is 11.4. The minimum atomic E-state index is -4.70. The van der Waals surface area contributed by atoms with Crippen molar-refractivity contribution < 1.29 is 27.8 Å². The molecule has 6 nitrogen and oxygen atoms in total. The zero-order valence-electron chi connectivity index (χ0n) is 12.2. The highest BCUT2D eigenvalue weighted by Crippen LogP contribution is 2.32. The van der Waals surface area contributed by atoms with E-state index in [0.29, 0.717) is 18.5 Å². The molecule has 1 aromatic carbocycles. The maximum Gasteiger partial charge on any atom is 0.451 e. The van der Waals surface area contributed by atoms with E-state index in [1.54, 1.807) is 24.3 Å². The summed E-state index contributed by atoms with van der Waals surface area (Å²) in [5.74, 6) is -1.66. The Balaban J connectivity index is 1.89. The Bertz CT molecular complexity index is 767. The number of fused-ring (bicyclic) bond motifs is 1. The van der Waals surface area contributed by atoms with Crippen molar-refractivity contribution in [3.05, 3.63) is 47.9 Å². The summed E-state index contributed by atoms with van der Waals surface area (Å²) in [4.78, 5) is 19.0. The van der Waals surface area contributed by atoms with E-state index in [1.165, 1.54) is 0 Å². The van der Waals surface area contributed by atoms with Crippen LogP contribution in [0.2, 0.25) is 0 Å². The summed E-state index contributed by atoms with van der Waals surface area (Å²) < 4.78 is 43.4. The van der Waals surface area contributed by atoms with Gasteiger partial charge in [-0.25, -0.2) is 14.7 Å². The quantitative estimate of drug-likeness (QED) is 0.908. The first kappa shape index (κ1) is 16.0. The molecule has 0 spiro atoms. The second kappa shape index (κ2) is 5.99. The van der Waals surface area contributed by atoms with Gasteiger partial charge in [0.15, 0.2) is 6.23 Å². The number of carboxylic acid groups (broad SMARTS) is 1. The third kappa shape index (κ3) is 3.10. The fourth-order valence-electron chi connectivity index (χ4n) is 2.54. The number of benzene rings is 1. The molecule has 0 saturated heterocycles. The summed E-state index contributed by atoms with van der Waals surface area (Å²) in [7, 11) is 0. The molecule has 0 radical (unpaired) electrons. The maximum absolute atomic E-state index is 12.7. The summed E-state index contributed by atoms with van der Waals surface area (Å²) in [5, 5.41) is 9.45. The molecule has 1 atom stereocenters. The molecule has 2 aromatic rings. The summed E-state index contributed by atoms with van der Waals surface area (Å²) in [6.07, 6.45) is -5.15. The van der Waals surface area contributed by atoms with Gasteiger partial charge in [0.25, 0.3) is 0 Å². The van der Waals surface area contributed by atoms with Crippen LogP contribution in [-0.4, -0.2) is 27.4 Å². The predicted octanol–water partition coefficient (Wildman–Crippen LogP) is 3.33. The molecular weight excluding hydrogens is 327 g/mol. The van der Waals surface area contributed by atoms with Crippen LogP contribution in [0.5, 0.6) is 5.88 Å². The van der Waals surface area contributed by atoms with Gasteiger partial charge in [-0.1, -0.05) is 18.2 Å². The largest absolute Gasteiger partial charge is 0.465 e. The Hall–Kier alpha value is -2.84. The van der Waals surface area contributed by atoms with E-state index < -0.39 is 24.3 Å². The van der Waals surface area contributed by atoms with Crippen LogP contribution in [0.4, 0.5) is 23.7 Å². The van der Waals surface area contributed by atoms with Gasteiger partial charge < -0.3 is 9.84 Å². The average molecular weight is 339 g/mol. The number of ether oxygens (including phenoxy) is 1. The number of hydrogen-bond donors (Lipinski definition) is 1. The van der Waals surface area contributed by atoms with Crippen LogP contribution in [0.1, 0.15) is 17.8 Å². The van der Waals surface area contributed by atoms with Crippen LogP contribution >= 0.6 is 0 Å². The van der Waals surface area contributed by atoms with Crippen molar-refractivity contribution in [2.45, 2.75) is 25.2 Å². The molecule has 1 aliphatic rings. The Labute approximate surface area is 134 Å². The van der Waals surface area contributed by atoms with Crippen molar-refractivity contribution in [1.29, 1.82) is 0 Å². The van der Waals surface area contributed by atoms with Crippen molar-refractivity contribution in [2.75, 3.05) is 4.90 Å². The molecular formula is C15H12F3N3O3. The Morgan fingerprint density at radius 2 is 2.04 bits per heavy atom. The molecule has 126 valence electrons. The number of carbonyl (C=O) groups is 1. The smallest absolute Gasteiger partial charge is 0.451 e. The van der Waals surface area contributed by atoms with E-state index in [-0.39, 0.29) is 5.88 Å². The van der Waals surface area contributed by atoms with Crippen LogP contribution in [0.3, 0.4) is 0 Å². The Kier molecular flexibility index (Phi) is 4.00. The van der Waals surface area contributed by atoms with Crippen LogP contribution in [0.25, 0.3) is 0 Å². The molecule has 0 fully saturated rings. The van der Waals surface area contributed by atoms with Gasteiger partial charge in [0.2, 0.25) is 11.7 Å². The zero-order valence-corrected chi connectivity index (χ0v) is 12.2. The van der Waals surface area contributed by atoms with Gasteiger partial charge in [0.05, 0.1) is 5.69 Å². The van der Waals surface area contributed by atoms with E-state index in [0.717, 1.165) is 22.7 Å². The predicted molar refractivity (Wildman–Crippen MR) is 76.7 cm³/mol. The molecule has 1 aromatic heterocycles. The van der Waals surface area contributed by atoms with E-state index in [9.17, 15) is 23.1 Å². The molecule has 0 saturated carbocycles. The molecule has 2 heterocycles. The minimum Gasteiger partial charge on any atom is -0.465 e. The SMILES string of the molecule is O=C(O)N1c2ccccc2CCC1Oc1ccnc(C(F)(F)F)n1. The highest BCUT2D eigenvalue weighted by molar-refractivity contribution is 5.88. The number of halogens is 3. The standard InChI is InChI=1S/C15H12F3N3O3/c16-15(17,18)13-19-8-7-11(20-13)24-12-6-5-9-3-1-2-4-10(9)21(12)14(22)23/h1-4,7-8,12H,5-6H2,(H,22,23). The monoisotopic (exact) mass is 339 g/mol. The number of hydrogen-bond acceptors (Lipinski definition) is 4. The van der Waals surface area contributed by atoms with E-state index in [4.69, 9.17) is 4.74 Å². The topological polar surface area (TPSA) is 75.5 Å². The van der Waals surface area contributed by atoms with Crippen LogP contribution < -0.4 is 9.64 Å². The van der Waals surface area contributed by atoms with Crippen molar-refractivity contribution in [1.82, 2.24) is 9.97 Å². The number of para-hydroxylation sites is 1. The molecule has 3 rings (SSSR count). The molecule has 0 bridgehead atoms. The van der Waals surface area contributed by atoms with Gasteiger partial charge >= 0.3 is 12.3 Å². The third-order valence-corrected chi connectivity index (χ3v) is 3.55. The van der Waals surface area contributed by atoms with Crippen molar-refractivity contribution in [3.63, 3.8) is 0 Å². The van der Waals surface area contributed by atoms with E-state index in [1.807, 2.05) is 0 Å². The second-order valence-electron chi connectivity index (χ2n) is 5.11. The molecule has 1 amide bonds. The molecule has 1 unspecified atom stereocenters. The lowest BCUT2D eigenvalue weighted by molar-refractivity contribution is -0.145. The maximum atomic E-state index is 12.7. The molecule has 0 aliphatic carbocycles. The minimum absolute atomic E-state index is 0.300. The number of rotatable bonds is 2. The fourth-order valence-corrected chi connectivity index (χ4v) is 2.54. The number of aryl methyl sites for hydroxylation is 1. The second-order valence-corrected chi connectivity index (χ2v) is 5.11. The van der Waals surface area contributed by atoms with Crippen molar-refractivity contribution in [3.8, 4) is 5.88 Å². The highest BCUT2D eigenvalue weighted by atomic mass is 19.4. The summed E-state index contributed by atoms with van der Waals surface area (Å²) in [6.45, 7) is 0. The van der Waals surface area contributed by atoms with Gasteiger partial charge in [0, 0.05) is 18.7 Å². The first-order valence-electron chi connectivity index (χ1n) is 7.03. The van der Waals surface area contributed by atoms with Crippen LogP contribution in [0, 0.1) is 0 Å². The van der Waals surface area contributed by atoms with Gasteiger partial charge in [-0.05, 0) is 18.1 Å². The lowest BCUT2D eigenvalue weighted by Gasteiger charge is -2.34.